The maximum absolute atomic E-state index is 13.1. The van der Waals surface area contributed by atoms with Gasteiger partial charge in [0.2, 0.25) is 5.91 Å². The molecular formula is C55H89NO5. The molecule has 0 rings (SSSR count). The van der Waals surface area contributed by atoms with Gasteiger partial charge >= 0.3 is 5.97 Å². The highest BCUT2D eigenvalue weighted by Crippen LogP contribution is 2.15. The van der Waals surface area contributed by atoms with Crippen molar-refractivity contribution < 1.29 is 24.5 Å². The van der Waals surface area contributed by atoms with E-state index in [0.29, 0.717) is 19.3 Å². The molecule has 0 bridgehead atoms. The van der Waals surface area contributed by atoms with Gasteiger partial charge in [-0.25, -0.2) is 0 Å². The lowest BCUT2D eigenvalue weighted by Gasteiger charge is -2.23. The van der Waals surface area contributed by atoms with Crippen molar-refractivity contribution in [3.63, 3.8) is 0 Å². The van der Waals surface area contributed by atoms with Crippen molar-refractivity contribution in [2.45, 2.75) is 206 Å². The number of unbranched alkanes of at least 4 members (excludes halogenated alkanes) is 15. The van der Waals surface area contributed by atoms with Gasteiger partial charge in [0.05, 0.1) is 25.2 Å². The molecule has 0 aromatic carbocycles. The Balaban J connectivity index is 4.85. The Kier molecular flexibility index (Phi) is 44.4. The van der Waals surface area contributed by atoms with E-state index in [-0.39, 0.29) is 31.3 Å². The first-order valence-corrected chi connectivity index (χ1v) is 24.3. The van der Waals surface area contributed by atoms with Crippen LogP contribution in [0.1, 0.15) is 188 Å². The molecule has 0 aliphatic carbocycles. The molecule has 0 radical (unpaired) electrons. The van der Waals surface area contributed by atoms with Crippen LogP contribution in [0, 0.1) is 0 Å². The van der Waals surface area contributed by atoms with Crippen LogP contribution in [-0.4, -0.2) is 46.9 Å². The standard InChI is InChI=1S/C55H89NO5/c1-4-7-10-13-16-19-22-25-27-30-33-36-39-42-45-48-55(60)61-51(46-43-40-37-34-31-29-26-23-20-17-14-11-8-5-2)49-54(59)56-52(50-57)53(58)47-44-41-38-35-32-28-24-21-18-15-12-9-6-3/h7-8,10-11,13,16-17,19-20,22,25-27,29-30,33-34,37,43,46,51-53,57-58H,4-6,9,12,14-15,18,21,23-24,28,31-32,35-36,38-42,44-45,47-50H2,1-3H3,(H,56,59)/b10-7+,11-8+,16-13+,20-17+,22-19-,27-25-,29-26+,33-30+,37-34+,46-43+. The third-order valence-corrected chi connectivity index (χ3v) is 10.2. The fraction of sp³-hybridized carbons (Fsp3) is 0.600. The fourth-order valence-corrected chi connectivity index (χ4v) is 6.53. The van der Waals surface area contributed by atoms with Crippen molar-refractivity contribution >= 4 is 11.9 Å². The van der Waals surface area contributed by atoms with Gasteiger partial charge in [0.1, 0.15) is 6.10 Å². The molecule has 6 heteroatoms. The average Bonchev–Trinajstić information content (AvgIpc) is 3.25. The van der Waals surface area contributed by atoms with Crippen molar-refractivity contribution in [2.24, 2.45) is 0 Å². The molecule has 0 aliphatic rings. The molecule has 0 spiro atoms. The summed E-state index contributed by atoms with van der Waals surface area (Å²) in [6.45, 7) is 6.16. The van der Waals surface area contributed by atoms with Gasteiger partial charge in [0, 0.05) is 6.42 Å². The largest absolute Gasteiger partial charge is 0.458 e. The molecule has 3 unspecified atom stereocenters. The minimum atomic E-state index is -0.834. The zero-order valence-corrected chi connectivity index (χ0v) is 39.0. The molecule has 0 aliphatic heterocycles. The van der Waals surface area contributed by atoms with Gasteiger partial charge in [-0.1, -0.05) is 226 Å². The second kappa shape index (κ2) is 47.3. The molecule has 0 heterocycles. The first-order chi connectivity index (χ1) is 30.0. The monoisotopic (exact) mass is 844 g/mol. The smallest absolute Gasteiger partial charge is 0.306 e. The summed E-state index contributed by atoms with van der Waals surface area (Å²) in [6.07, 6.45) is 65.7. The zero-order valence-electron chi connectivity index (χ0n) is 39.0. The summed E-state index contributed by atoms with van der Waals surface area (Å²) in [6, 6.07) is -0.759. The molecule has 3 N–H and O–H groups in total. The number of allylic oxidation sites excluding steroid dienone is 19. The first-order valence-electron chi connectivity index (χ1n) is 24.3. The lowest BCUT2D eigenvalue weighted by atomic mass is 10.0. The molecule has 0 fully saturated rings. The van der Waals surface area contributed by atoms with Crippen LogP contribution in [0.5, 0.6) is 0 Å². The van der Waals surface area contributed by atoms with E-state index in [2.05, 4.69) is 86.8 Å². The summed E-state index contributed by atoms with van der Waals surface area (Å²) in [4.78, 5) is 26.0. The highest BCUT2D eigenvalue weighted by molar-refractivity contribution is 5.78. The quantitative estimate of drug-likeness (QED) is 0.0247. The predicted octanol–water partition coefficient (Wildman–Crippen LogP) is 14.5. The lowest BCUT2D eigenvalue weighted by Crippen LogP contribution is -2.46. The first kappa shape index (κ1) is 57.3. The van der Waals surface area contributed by atoms with Crippen LogP contribution in [0.3, 0.4) is 0 Å². The van der Waals surface area contributed by atoms with Crippen molar-refractivity contribution in [1.29, 1.82) is 0 Å². The van der Waals surface area contributed by atoms with Crippen molar-refractivity contribution in [1.82, 2.24) is 5.32 Å². The topological polar surface area (TPSA) is 95.9 Å². The average molecular weight is 844 g/mol. The van der Waals surface area contributed by atoms with E-state index >= 15 is 0 Å². The number of carbonyl (C=O) groups is 2. The van der Waals surface area contributed by atoms with Gasteiger partial charge in [-0.05, 0) is 70.3 Å². The van der Waals surface area contributed by atoms with Crippen LogP contribution in [0.2, 0.25) is 0 Å². The van der Waals surface area contributed by atoms with Gasteiger partial charge in [-0.15, -0.1) is 0 Å². The van der Waals surface area contributed by atoms with Crippen LogP contribution in [-0.2, 0) is 14.3 Å². The third-order valence-electron chi connectivity index (χ3n) is 10.2. The van der Waals surface area contributed by atoms with Crippen LogP contribution >= 0.6 is 0 Å². The number of carbonyl (C=O) groups excluding carboxylic acids is 2. The van der Waals surface area contributed by atoms with E-state index in [4.69, 9.17) is 4.74 Å². The van der Waals surface area contributed by atoms with E-state index in [1.165, 1.54) is 64.2 Å². The Hall–Kier alpha value is -3.74. The van der Waals surface area contributed by atoms with Crippen molar-refractivity contribution in [2.75, 3.05) is 6.61 Å². The maximum Gasteiger partial charge on any atom is 0.306 e. The minimum absolute atomic E-state index is 0.0713. The molecule has 0 aromatic rings. The Labute approximate surface area is 374 Å². The van der Waals surface area contributed by atoms with Crippen LogP contribution in [0.15, 0.2) is 122 Å². The van der Waals surface area contributed by atoms with Gasteiger partial charge in [-0.3, -0.25) is 9.59 Å². The molecule has 1 amide bonds. The highest BCUT2D eigenvalue weighted by Gasteiger charge is 2.23. The third kappa shape index (κ3) is 42.7. The highest BCUT2D eigenvalue weighted by atomic mass is 16.5. The molecular weight excluding hydrogens is 755 g/mol. The summed E-state index contributed by atoms with van der Waals surface area (Å²) >= 11 is 0. The van der Waals surface area contributed by atoms with Gasteiger partial charge in [0.15, 0.2) is 0 Å². The summed E-state index contributed by atoms with van der Waals surface area (Å²) in [5.41, 5.74) is 0. The van der Waals surface area contributed by atoms with E-state index in [1.54, 1.807) is 6.08 Å². The van der Waals surface area contributed by atoms with Crippen LogP contribution < -0.4 is 5.32 Å². The summed E-state index contributed by atoms with van der Waals surface area (Å²) in [7, 11) is 0. The number of esters is 1. The molecule has 0 saturated heterocycles. The Morgan fingerprint density at radius 3 is 1.51 bits per heavy atom. The van der Waals surface area contributed by atoms with Crippen molar-refractivity contribution in [3.8, 4) is 0 Å². The number of amides is 1. The Bertz CT molecular complexity index is 1310. The number of hydrogen-bond acceptors (Lipinski definition) is 5. The molecule has 344 valence electrons. The van der Waals surface area contributed by atoms with E-state index < -0.39 is 18.2 Å². The van der Waals surface area contributed by atoms with Gasteiger partial charge < -0.3 is 20.3 Å². The summed E-state index contributed by atoms with van der Waals surface area (Å²) in [5, 5.41) is 23.6. The van der Waals surface area contributed by atoms with Crippen LogP contribution in [0.4, 0.5) is 0 Å². The minimum Gasteiger partial charge on any atom is -0.458 e. The number of nitrogens with one attached hydrogen (secondary N) is 1. The Morgan fingerprint density at radius 1 is 0.525 bits per heavy atom. The van der Waals surface area contributed by atoms with E-state index in [1.807, 2.05) is 54.7 Å². The van der Waals surface area contributed by atoms with Crippen LogP contribution in [0.25, 0.3) is 0 Å². The predicted molar refractivity (Wildman–Crippen MR) is 263 cm³/mol. The lowest BCUT2D eigenvalue weighted by molar-refractivity contribution is -0.148. The molecule has 0 saturated carbocycles. The van der Waals surface area contributed by atoms with E-state index in [0.717, 1.165) is 70.6 Å². The molecule has 0 aromatic heterocycles. The number of aliphatic hydroxyl groups excluding tert-OH is 2. The number of aliphatic hydroxyl groups is 2. The summed E-state index contributed by atoms with van der Waals surface area (Å²) < 4.78 is 5.79. The second-order valence-electron chi connectivity index (χ2n) is 15.9. The molecule has 61 heavy (non-hydrogen) atoms. The molecule has 6 nitrogen and oxygen atoms in total. The van der Waals surface area contributed by atoms with Crippen molar-refractivity contribution in [3.05, 3.63) is 122 Å². The molecule has 3 atom stereocenters. The van der Waals surface area contributed by atoms with Gasteiger partial charge in [0.25, 0.3) is 0 Å². The second-order valence-corrected chi connectivity index (χ2v) is 15.9. The number of hydrogen-bond donors (Lipinski definition) is 3. The normalized spacial score (nSPS) is 14.4. The maximum atomic E-state index is 13.1. The van der Waals surface area contributed by atoms with Gasteiger partial charge in [-0.2, -0.15) is 0 Å². The summed E-state index contributed by atoms with van der Waals surface area (Å²) in [5.74, 6) is -0.692. The number of rotatable bonds is 41. The SMILES string of the molecule is CC/C=C/C=C/C=C\C=C/C=C/CCCCCC(=O)OC(/C=C/C/C=C/C/C=C/C/C=C/C/C=C/CC)CC(=O)NC(CO)C(O)CCCCCCCCCCCCCCC. The number of ether oxygens (including phenoxy) is 1. The fourth-order valence-electron chi connectivity index (χ4n) is 6.53. The zero-order chi connectivity index (χ0) is 44.5. The van der Waals surface area contributed by atoms with E-state index in [9.17, 15) is 19.8 Å². The Morgan fingerprint density at radius 2 is 0.984 bits per heavy atom.